The number of nitrogens with one attached hydrogen (secondary N) is 1. The highest BCUT2D eigenvalue weighted by Crippen LogP contribution is 2.36. The molecule has 3 heterocycles. The van der Waals surface area contributed by atoms with E-state index in [0.29, 0.717) is 36.1 Å². The zero-order chi connectivity index (χ0) is 24.5. The standard InChI is InChI=1S/C26H30F2N6O/c1-4-5-17-12-22(29-15-17)30-26-31-23(34-8-6-33(3)7-9-34)14-24(32-26)35-21-13-20(27)18-10-16(2)11-19(18)25(21)28/h11-14H,4-10,15H2,1-3H3,(H,29,30,31,32). The second kappa shape index (κ2) is 9.73. The van der Waals surface area contributed by atoms with Gasteiger partial charge in [-0.05, 0) is 38.5 Å². The molecule has 1 aromatic heterocycles. The molecule has 1 aliphatic carbocycles. The summed E-state index contributed by atoms with van der Waals surface area (Å²) in [6.07, 6.45) is 6.13. The molecule has 0 unspecified atom stereocenters. The van der Waals surface area contributed by atoms with Gasteiger partial charge in [-0.15, -0.1) is 0 Å². The summed E-state index contributed by atoms with van der Waals surface area (Å²) < 4.78 is 35.8. The van der Waals surface area contributed by atoms with E-state index in [0.717, 1.165) is 50.7 Å². The summed E-state index contributed by atoms with van der Waals surface area (Å²) in [7, 11) is 2.08. The lowest BCUT2D eigenvalue weighted by atomic mass is 10.1. The van der Waals surface area contributed by atoms with Gasteiger partial charge < -0.3 is 19.9 Å². The maximum atomic E-state index is 15.2. The van der Waals surface area contributed by atoms with E-state index in [1.165, 1.54) is 5.57 Å². The lowest BCUT2D eigenvalue weighted by Gasteiger charge is -2.33. The number of nitrogens with zero attached hydrogens (tertiary/aromatic N) is 5. The molecule has 3 aliphatic rings. The van der Waals surface area contributed by atoms with E-state index in [-0.39, 0.29) is 17.2 Å². The highest BCUT2D eigenvalue weighted by atomic mass is 19.1. The first kappa shape index (κ1) is 23.4. The molecule has 35 heavy (non-hydrogen) atoms. The molecule has 1 aromatic carbocycles. The van der Waals surface area contributed by atoms with E-state index in [1.54, 1.807) is 12.1 Å². The van der Waals surface area contributed by atoms with E-state index < -0.39 is 11.6 Å². The van der Waals surface area contributed by atoms with Gasteiger partial charge in [-0.2, -0.15) is 9.97 Å². The SMILES string of the molecule is CCCC1=CC(Nc2nc(Oc3cc(F)c4c(c3F)C=C(C)C4)cc(N3CCN(C)CC3)n2)=NC1. The Morgan fingerprint density at radius 2 is 1.89 bits per heavy atom. The fraction of sp³-hybridized carbons (Fsp3) is 0.423. The van der Waals surface area contributed by atoms with Crippen LogP contribution in [0, 0.1) is 11.6 Å². The van der Waals surface area contributed by atoms with E-state index in [1.807, 2.05) is 13.0 Å². The van der Waals surface area contributed by atoms with Crippen molar-refractivity contribution in [3.63, 3.8) is 0 Å². The summed E-state index contributed by atoms with van der Waals surface area (Å²) >= 11 is 0. The number of rotatable bonds is 6. The largest absolute Gasteiger partial charge is 0.436 e. The molecule has 0 bridgehead atoms. The van der Waals surface area contributed by atoms with Crippen molar-refractivity contribution in [2.24, 2.45) is 4.99 Å². The summed E-state index contributed by atoms with van der Waals surface area (Å²) in [5.41, 5.74) is 2.77. The fourth-order valence-corrected chi connectivity index (χ4v) is 4.61. The molecule has 5 rings (SSSR count). The Morgan fingerprint density at radius 1 is 1.09 bits per heavy atom. The predicted octanol–water partition coefficient (Wildman–Crippen LogP) is 4.81. The highest BCUT2D eigenvalue weighted by molar-refractivity contribution is 6.04. The summed E-state index contributed by atoms with van der Waals surface area (Å²) in [5, 5.41) is 3.17. The number of anilines is 2. The molecule has 0 atom stereocenters. The first-order valence-corrected chi connectivity index (χ1v) is 12.1. The van der Waals surface area contributed by atoms with Crippen LogP contribution in [0.3, 0.4) is 0 Å². The van der Waals surface area contributed by atoms with Crippen LogP contribution in [0.15, 0.2) is 34.3 Å². The van der Waals surface area contributed by atoms with Gasteiger partial charge in [0.25, 0.3) is 0 Å². The molecule has 0 saturated carbocycles. The number of aliphatic imine (C=N–C) groups is 1. The third-order valence-electron chi connectivity index (χ3n) is 6.51. The summed E-state index contributed by atoms with van der Waals surface area (Å²) in [6.45, 7) is 8.03. The smallest absolute Gasteiger partial charge is 0.233 e. The Balaban J connectivity index is 1.46. The Kier molecular flexibility index (Phi) is 6.51. The quantitative estimate of drug-likeness (QED) is 0.640. The van der Waals surface area contributed by atoms with Gasteiger partial charge in [-0.25, -0.2) is 8.78 Å². The fourth-order valence-electron chi connectivity index (χ4n) is 4.61. The number of hydrogen-bond acceptors (Lipinski definition) is 7. The first-order chi connectivity index (χ1) is 16.9. The van der Waals surface area contributed by atoms with E-state index in [2.05, 4.69) is 44.0 Å². The zero-order valence-corrected chi connectivity index (χ0v) is 20.4. The minimum Gasteiger partial charge on any atom is -0.436 e. The molecule has 0 spiro atoms. The topological polar surface area (TPSA) is 65.9 Å². The van der Waals surface area contributed by atoms with Crippen molar-refractivity contribution in [3.05, 3.63) is 52.1 Å². The Hall–Kier alpha value is -3.33. The Bertz CT molecular complexity index is 1230. The average Bonchev–Trinajstić information content (AvgIpc) is 3.44. The molecule has 184 valence electrons. The maximum Gasteiger partial charge on any atom is 0.233 e. The molecular weight excluding hydrogens is 450 g/mol. The molecule has 1 N–H and O–H groups in total. The van der Waals surface area contributed by atoms with Crippen LogP contribution in [0.25, 0.3) is 6.08 Å². The molecule has 2 aliphatic heterocycles. The summed E-state index contributed by atoms with van der Waals surface area (Å²) in [4.78, 5) is 18.1. The molecule has 0 radical (unpaired) electrons. The van der Waals surface area contributed by atoms with Crippen LogP contribution < -0.4 is 15.0 Å². The molecule has 2 aromatic rings. The third kappa shape index (κ3) is 5.05. The normalized spacial score (nSPS) is 17.7. The van der Waals surface area contributed by atoms with Crippen molar-refractivity contribution in [1.82, 2.24) is 14.9 Å². The van der Waals surface area contributed by atoms with Crippen LogP contribution in [0.2, 0.25) is 0 Å². The van der Waals surface area contributed by atoms with Crippen LogP contribution >= 0.6 is 0 Å². The number of hydrogen-bond donors (Lipinski definition) is 1. The van der Waals surface area contributed by atoms with Gasteiger partial charge in [0.15, 0.2) is 11.6 Å². The Morgan fingerprint density at radius 3 is 2.66 bits per heavy atom. The van der Waals surface area contributed by atoms with Crippen molar-refractivity contribution in [2.75, 3.05) is 50.0 Å². The van der Waals surface area contributed by atoms with Gasteiger partial charge in [0.05, 0.1) is 6.54 Å². The minimum absolute atomic E-state index is 0.143. The van der Waals surface area contributed by atoms with Gasteiger partial charge in [0.2, 0.25) is 11.8 Å². The lowest BCUT2D eigenvalue weighted by Crippen LogP contribution is -2.44. The van der Waals surface area contributed by atoms with Crippen molar-refractivity contribution in [1.29, 1.82) is 0 Å². The van der Waals surface area contributed by atoms with Crippen molar-refractivity contribution < 1.29 is 13.5 Å². The summed E-state index contributed by atoms with van der Waals surface area (Å²) in [6, 6.07) is 2.78. The number of allylic oxidation sites excluding steroid dienone is 1. The number of halogens is 2. The number of likely N-dealkylation sites (N-methyl/N-ethyl adjacent to an activating group) is 1. The second-order valence-corrected chi connectivity index (χ2v) is 9.39. The van der Waals surface area contributed by atoms with Gasteiger partial charge in [0, 0.05) is 49.4 Å². The number of aromatic nitrogens is 2. The number of amidine groups is 1. The highest BCUT2D eigenvalue weighted by Gasteiger charge is 2.24. The minimum atomic E-state index is -0.583. The second-order valence-electron chi connectivity index (χ2n) is 9.39. The molecule has 0 amide bonds. The van der Waals surface area contributed by atoms with Crippen LogP contribution in [-0.2, 0) is 6.42 Å². The lowest BCUT2D eigenvalue weighted by molar-refractivity contribution is 0.312. The van der Waals surface area contributed by atoms with Gasteiger partial charge in [0.1, 0.15) is 17.5 Å². The van der Waals surface area contributed by atoms with E-state index in [9.17, 15) is 4.39 Å². The van der Waals surface area contributed by atoms with E-state index >= 15 is 4.39 Å². The number of ether oxygens (including phenoxy) is 1. The Labute approximate surface area is 204 Å². The molecule has 1 fully saturated rings. The van der Waals surface area contributed by atoms with Gasteiger partial charge in [-0.1, -0.05) is 25.0 Å². The van der Waals surface area contributed by atoms with E-state index in [4.69, 9.17) is 4.74 Å². The number of piperazine rings is 1. The molecular formula is C26H30F2N6O. The van der Waals surface area contributed by atoms with Gasteiger partial charge >= 0.3 is 0 Å². The molecule has 1 saturated heterocycles. The van der Waals surface area contributed by atoms with Gasteiger partial charge in [-0.3, -0.25) is 4.99 Å². The van der Waals surface area contributed by atoms with Crippen LogP contribution in [0.4, 0.5) is 20.5 Å². The summed E-state index contributed by atoms with van der Waals surface area (Å²) in [5.74, 6) is 0.547. The third-order valence-corrected chi connectivity index (χ3v) is 6.51. The average molecular weight is 481 g/mol. The van der Waals surface area contributed by atoms with Crippen molar-refractivity contribution in [3.8, 4) is 11.6 Å². The zero-order valence-electron chi connectivity index (χ0n) is 20.4. The van der Waals surface area contributed by atoms with Crippen LogP contribution in [0.1, 0.15) is 37.8 Å². The first-order valence-electron chi connectivity index (χ1n) is 12.1. The van der Waals surface area contributed by atoms with Crippen LogP contribution in [-0.4, -0.2) is 60.5 Å². The number of benzene rings is 1. The van der Waals surface area contributed by atoms with Crippen LogP contribution in [0.5, 0.6) is 11.6 Å². The van der Waals surface area contributed by atoms with Crippen molar-refractivity contribution in [2.45, 2.75) is 33.1 Å². The molecule has 9 heteroatoms. The van der Waals surface area contributed by atoms with Crippen molar-refractivity contribution >= 4 is 23.7 Å². The predicted molar refractivity (Wildman–Crippen MR) is 134 cm³/mol. The number of fused-ring (bicyclic) bond motifs is 1. The molecule has 7 nitrogen and oxygen atoms in total. The maximum absolute atomic E-state index is 15.2. The monoisotopic (exact) mass is 480 g/mol.